The van der Waals surface area contributed by atoms with Crippen molar-refractivity contribution >= 4 is 23.3 Å². The summed E-state index contributed by atoms with van der Waals surface area (Å²) in [7, 11) is 0. The lowest BCUT2D eigenvalue weighted by Crippen LogP contribution is -2.76. The molecule has 0 aliphatic carbocycles. The molecule has 5 nitrogen and oxygen atoms in total. The first-order valence-electron chi connectivity index (χ1n) is 8.17. The highest BCUT2D eigenvalue weighted by atomic mass is 35.5. The number of hydrogen-bond donors (Lipinski definition) is 1. The van der Waals surface area contributed by atoms with Crippen molar-refractivity contribution < 1.29 is 19.2 Å². The normalized spacial score (nSPS) is 10.7. The molecule has 0 amide bonds. The van der Waals surface area contributed by atoms with E-state index < -0.39 is 5.97 Å². The fourth-order valence-electron chi connectivity index (χ4n) is 2.50. The second kappa shape index (κ2) is 8.12. The van der Waals surface area contributed by atoms with Crippen molar-refractivity contribution in [1.82, 2.24) is 9.55 Å². The molecule has 0 spiro atoms. The van der Waals surface area contributed by atoms with Crippen LogP contribution in [0.2, 0.25) is 5.02 Å². The molecular formula is C19H18ClFN3O2+. The van der Waals surface area contributed by atoms with E-state index in [9.17, 15) is 9.18 Å². The van der Waals surface area contributed by atoms with Crippen LogP contribution in [0.4, 0.5) is 10.1 Å². The number of esters is 1. The first-order valence-corrected chi connectivity index (χ1v) is 8.54. The number of quaternary nitrogens is 1. The summed E-state index contributed by atoms with van der Waals surface area (Å²) in [5.74, 6) is -0.0858. The summed E-state index contributed by atoms with van der Waals surface area (Å²) in [4.78, 5) is 16.4. The molecule has 3 rings (SSSR count). The molecule has 0 bridgehead atoms. The molecule has 0 saturated heterocycles. The number of carbonyl (C=O) groups excluding carboxylic acids is 1. The van der Waals surface area contributed by atoms with Gasteiger partial charge in [-0.15, -0.1) is 0 Å². The first-order chi connectivity index (χ1) is 12.6. The average Bonchev–Trinajstić information content (AvgIpc) is 3.06. The highest BCUT2D eigenvalue weighted by molar-refractivity contribution is 6.30. The van der Waals surface area contributed by atoms with Crippen molar-refractivity contribution in [1.29, 1.82) is 0 Å². The van der Waals surface area contributed by atoms with Gasteiger partial charge in [0.1, 0.15) is 18.0 Å². The summed E-state index contributed by atoms with van der Waals surface area (Å²) in [6, 6.07) is 13.4. The number of imidazole rings is 1. The number of hydrogen-bond acceptors (Lipinski definition) is 3. The molecular weight excluding hydrogens is 357 g/mol. The van der Waals surface area contributed by atoms with E-state index in [4.69, 9.17) is 16.3 Å². The summed E-state index contributed by atoms with van der Waals surface area (Å²) < 4.78 is 19.9. The fraction of sp³-hybridized carbons (Fsp3) is 0.158. The molecule has 2 N–H and O–H groups in total. The number of nitrogens with two attached hydrogens (primary N) is 1. The van der Waals surface area contributed by atoms with E-state index in [-0.39, 0.29) is 18.1 Å². The van der Waals surface area contributed by atoms with Gasteiger partial charge in [-0.2, -0.15) is 0 Å². The van der Waals surface area contributed by atoms with Crippen LogP contribution in [0.25, 0.3) is 5.69 Å². The summed E-state index contributed by atoms with van der Waals surface area (Å²) in [6.07, 6.45) is 1.65. The third-order valence-corrected chi connectivity index (χ3v) is 4.01. The van der Waals surface area contributed by atoms with E-state index in [1.165, 1.54) is 12.1 Å². The van der Waals surface area contributed by atoms with E-state index >= 15 is 0 Å². The van der Waals surface area contributed by atoms with Crippen molar-refractivity contribution in [3.8, 4) is 5.69 Å². The van der Waals surface area contributed by atoms with Gasteiger partial charge in [0.15, 0.2) is 11.5 Å². The molecule has 1 heterocycles. The molecule has 0 aliphatic rings. The van der Waals surface area contributed by atoms with Crippen LogP contribution in [0.15, 0.2) is 54.7 Å². The van der Waals surface area contributed by atoms with Gasteiger partial charge in [0.25, 0.3) is 0 Å². The lowest BCUT2D eigenvalue weighted by atomic mass is 10.3. The van der Waals surface area contributed by atoms with Crippen LogP contribution < -0.4 is 5.32 Å². The van der Waals surface area contributed by atoms with E-state index in [0.29, 0.717) is 17.4 Å². The zero-order chi connectivity index (χ0) is 18.5. The molecule has 0 aliphatic heterocycles. The Kier molecular flexibility index (Phi) is 5.65. The lowest BCUT2D eigenvalue weighted by Gasteiger charge is -2.07. The summed E-state index contributed by atoms with van der Waals surface area (Å²) in [5.41, 5.74) is 1.94. The number of nitrogens with zero attached hydrogens (tertiary/aromatic N) is 2. The highest BCUT2D eigenvalue weighted by Crippen LogP contribution is 2.17. The van der Waals surface area contributed by atoms with E-state index in [1.54, 1.807) is 37.4 Å². The van der Waals surface area contributed by atoms with E-state index in [2.05, 4.69) is 4.98 Å². The topological polar surface area (TPSA) is 60.7 Å². The Labute approximate surface area is 155 Å². The van der Waals surface area contributed by atoms with Crippen LogP contribution in [0.3, 0.4) is 0 Å². The Hall–Kier alpha value is -2.70. The molecule has 7 heteroatoms. The van der Waals surface area contributed by atoms with Gasteiger partial charge in [-0.05, 0) is 43.3 Å². The number of benzene rings is 2. The Morgan fingerprint density at radius 1 is 1.19 bits per heavy atom. The van der Waals surface area contributed by atoms with Crippen LogP contribution in [0.5, 0.6) is 0 Å². The minimum atomic E-state index is -0.469. The van der Waals surface area contributed by atoms with Crippen molar-refractivity contribution in [3.05, 3.63) is 77.1 Å². The molecule has 26 heavy (non-hydrogen) atoms. The number of rotatable bonds is 6. The van der Waals surface area contributed by atoms with Crippen LogP contribution in [-0.4, -0.2) is 22.1 Å². The Morgan fingerprint density at radius 3 is 2.54 bits per heavy atom. The number of ether oxygens (including phenoxy) is 1. The summed E-state index contributed by atoms with van der Waals surface area (Å²) in [5, 5.41) is 2.54. The largest absolute Gasteiger partial charge is 0.461 e. The lowest BCUT2D eigenvalue weighted by molar-refractivity contribution is -0.590. The van der Waals surface area contributed by atoms with Crippen molar-refractivity contribution in [2.24, 2.45) is 0 Å². The van der Waals surface area contributed by atoms with Crippen LogP contribution in [-0.2, 0) is 11.3 Å². The minimum Gasteiger partial charge on any atom is -0.461 e. The second-order valence-electron chi connectivity index (χ2n) is 5.57. The first kappa shape index (κ1) is 18.1. The van der Waals surface area contributed by atoms with Crippen LogP contribution >= 0.6 is 11.6 Å². The molecule has 0 radical (unpaired) electrons. The highest BCUT2D eigenvalue weighted by Gasteiger charge is 2.17. The summed E-state index contributed by atoms with van der Waals surface area (Å²) in [6.45, 7) is 2.49. The summed E-state index contributed by atoms with van der Waals surface area (Å²) >= 11 is 5.95. The molecule has 134 valence electrons. The zero-order valence-corrected chi connectivity index (χ0v) is 14.9. The molecule has 0 unspecified atom stereocenters. The Balaban J connectivity index is 1.89. The number of carbonyl (C=O) groups is 1. The second-order valence-corrected chi connectivity index (χ2v) is 6.01. The van der Waals surface area contributed by atoms with Crippen LogP contribution in [0.1, 0.15) is 23.2 Å². The van der Waals surface area contributed by atoms with Gasteiger partial charge in [-0.25, -0.2) is 14.2 Å². The molecule has 0 saturated carbocycles. The maximum atomic E-state index is 13.0. The van der Waals surface area contributed by atoms with Gasteiger partial charge < -0.3 is 10.1 Å². The van der Waals surface area contributed by atoms with Crippen molar-refractivity contribution in [2.75, 3.05) is 6.61 Å². The molecule has 1 aromatic heterocycles. The Bertz CT molecular complexity index is 892. The standard InChI is InChI=1S/C19H17ClFN3O2/c1-2-26-19(25)17-12-24(16-9-3-13(20)4-10-16)18(23-17)11-22-15-7-5-14(21)6-8-15/h3-10,12,22H,2,11H2,1H3/p+1. The Morgan fingerprint density at radius 2 is 1.88 bits per heavy atom. The quantitative estimate of drug-likeness (QED) is 0.532. The zero-order valence-electron chi connectivity index (χ0n) is 14.2. The SMILES string of the molecule is CCOC(=O)c1cn(-c2ccc(Cl)cc2)c(C[NH2+]c2ccc(F)cc2)n1. The monoisotopic (exact) mass is 374 g/mol. The third kappa shape index (κ3) is 4.28. The molecule has 3 aromatic rings. The van der Waals surface area contributed by atoms with E-state index in [1.807, 2.05) is 22.0 Å². The fourth-order valence-corrected chi connectivity index (χ4v) is 2.63. The number of aromatic nitrogens is 2. The molecule has 0 fully saturated rings. The number of halogens is 2. The van der Waals surface area contributed by atoms with Gasteiger partial charge >= 0.3 is 5.97 Å². The predicted octanol–water partition coefficient (Wildman–Crippen LogP) is 3.24. The van der Waals surface area contributed by atoms with Gasteiger partial charge in [0, 0.05) is 29.0 Å². The van der Waals surface area contributed by atoms with Gasteiger partial charge in [-0.3, -0.25) is 4.57 Å². The van der Waals surface area contributed by atoms with Crippen molar-refractivity contribution in [2.45, 2.75) is 13.5 Å². The van der Waals surface area contributed by atoms with Crippen LogP contribution in [0, 0.1) is 5.82 Å². The maximum Gasteiger partial charge on any atom is 0.358 e. The van der Waals surface area contributed by atoms with Gasteiger partial charge in [0.05, 0.1) is 6.61 Å². The minimum absolute atomic E-state index is 0.240. The third-order valence-electron chi connectivity index (χ3n) is 3.76. The molecule has 0 atom stereocenters. The maximum absolute atomic E-state index is 13.0. The van der Waals surface area contributed by atoms with Crippen molar-refractivity contribution in [3.63, 3.8) is 0 Å². The smallest absolute Gasteiger partial charge is 0.358 e. The van der Waals surface area contributed by atoms with Gasteiger partial charge in [0.2, 0.25) is 0 Å². The van der Waals surface area contributed by atoms with Gasteiger partial charge in [-0.1, -0.05) is 11.6 Å². The average molecular weight is 375 g/mol. The molecule has 2 aromatic carbocycles. The predicted molar refractivity (Wildman–Crippen MR) is 96.2 cm³/mol. The van der Waals surface area contributed by atoms with E-state index in [0.717, 1.165) is 11.4 Å².